The molecule has 0 heterocycles. The molecule has 12 fully saturated rings. The van der Waals surface area contributed by atoms with Gasteiger partial charge < -0.3 is 0 Å². The van der Waals surface area contributed by atoms with Crippen LogP contribution in [0, 0.1) is 49.7 Å². The zero-order valence-electron chi connectivity index (χ0n) is 30.7. The van der Waals surface area contributed by atoms with E-state index in [1.165, 1.54) is 82.6 Å². The van der Waals surface area contributed by atoms with E-state index in [2.05, 4.69) is 60.6 Å². The topological polar surface area (TPSA) is 54.4 Å². The van der Waals surface area contributed by atoms with Gasteiger partial charge in [-0.05, 0) is 198 Å². The van der Waals surface area contributed by atoms with Gasteiger partial charge >= 0.3 is 0 Å². The van der Waals surface area contributed by atoms with Crippen LogP contribution >= 0.6 is 0 Å². The van der Waals surface area contributed by atoms with Crippen LogP contribution in [-0.4, -0.2) is 13.0 Å². The Hall–Kier alpha value is -0.870. The second kappa shape index (κ2) is 8.26. The third-order valence-electron chi connectivity index (χ3n) is 17.2. The predicted molar refractivity (Wildman–Crippen MR) is 188 cm³/mol. The number of hydrogen-bond acceptors (Lipinski definition) is 2. The Labute approximate surface area is 286 Å². The highest BCUT2D eigenvalue weighted by Gasteiger charge is 2.67. The van der Waals surface area contributed by atoms with Crippen molar-refractivity contribution < 1.29 is 13.0 Å². The first-order valence-corrected chi connectivity index (χ1v) is 21.1. The van der Waals surface area contributed by atoms with Crippen LogP contribution in [0.25, 0.3) is 0 Å². The van der Waals surface area contributed by atoms with Gasteiger partial charge in [-0.2, -0.15) is 8.42 Å². The second-order valence-electron chi connectivity index (χ2n) is 24.0. The van der Waals surface area contributed by atoms with Crippen LogP contribution in [0.4, 0.5) is 0 Å². The van der Waals surface area contributed by atoms with Crippen molar-refractivity contribution in [2.75, 3.05) is 0 Å². The quantitative estimate of drug-likeness (QED) is 0.328. The van der Waals surface area contributed by atoms with Gasteiger partial charge in [0.15, 0.2) is 0 Å². The molecule has 258 valence electrons. The third kappa shape index (κ3) is 4.21. The van der Waals surface area contributed by atoms with Gasteiger partial charge in [0.05, 0.1) is 0 Å². The van der Waals surface area contributed by atoms with Crippen molar-refractivity contribution in [3.63, 3.8) is 0 Å². The summed E-state index contributed by atoms with van der Waals surface area (Å²) in [7, 11) is -4.44. The second-order valence-corrected chi connectivity index (χ2v) is 25.3. The van der Waals surface area contributed by atoms with E-state index in [1.807, 2.05) is 0 Å². The average Bonchev–Trinajstić information content (AvgIpc) is 2.80. The Balaban J connectivity index is 1.26. The van der Waals surface area contributed by atoms with Crippen molar-refractivity contribution >= 4 is 10.1 Å². The van der Waals surface area contributed by atoms with Crippen molar-refractivity contribution in [2.45, 2.75) is 185 Å². The first-order chi connectivity index (χ1) is 21.5. The largest absolute Gasteiger partial charge is 0.295 e. The summed E-state index contributed by atoms with van der Waals surface area (Å²) in [6.45, 7) is 17.8. The van der Waals surface area contributed by atoms with Gasteiger partial charge in [-0.1, -0.05) is 60.6 Å². The minimum Gasteiger partial charge on any atom is -0.282 e. The normalized spacial score (nSPS) is 58.1. The van der Waals surface area contributed by atoms with Crippen LogP contribution in [0.1, 0.15) is 181 Å². The van der Waals surface area contributed by atoms with Gasteiger partial charge in [-0.3, -0.25) is 4.55 Å². The van der Waals surface area contributed by atoms with Crippen molar-refractivity contribution in [3.8, 4) is 0 Å². The number of benzene rings is 1. The minimum atomic E-state index is -4.44. The molecule has 0 amide bonds. The Kier molecular flexibility index (Phi) is 5.44. The van der Waals surface area contributed by atoms with Gasteiger partial charge in [0.1, 0.15) is 4.90 Å². The molecule has 12 bridgehead atoms. The zero-order valence-corrected chi connectivity index (χ0v) is 31.5. The zero-order chi connectivity index (χ0) is 33.1. The molecular weight excluding hydrogens is 597 g/mol. The Morgan fingerprint density at radius 1 is 0.468 bits per heavy atom. The van der Waals surface area contributed by atoms with Crippen molar-refractivity contribution in [2.24, 2.45) is 49.7 Å². The van der Waals surface area contributed by atoms with Crippen molar-refractivity contribution in [3.05, 3.63) is 28.8 Å². The highest BCUT2D eigenvalue weighted by atomic mass is 32.2. The van der Waals surface area contributed by atoms with E-state index < -0.39 is 10.1 Å². The fraction of sp³-hybridized carbons (Fsp3) is 0.860. The lowest BCUT2D eigenvalue weighted by atomic mass is 9.35. The van der Waals surface area contributed by atoms with Crippen LogP contribution in [0.3, 0.4) is 0 Å². The SMILES string of the molecule is CC12CC3(C)CC(C)(C1)CC(c1cc(C45CC6CC(C)(CC(C)(C6)C4)C5)c(S(=O)(=O)O)c(C45CC6CC(C)(CC(C)(C6)C4)C5)c1)(C2)C3. The van der Waals surface area contributed by atoms with E-state index >= 15 is 0 Å². The molecule has 0 aromatic heterocycles. The van der Waals surface area contributed by atoms with Crippen LogP contribution in [0.2, 0.25) is 0 Å². The standard InChI is InChI=1S/C43H62O3S/c1-34-10-28-11-35(2,16-34)22-41(14-28,21-34)31-8-30(43-25-38(5)18-39(6,26-43)20-40(7,19-38)27-43)9-32(33(31)47(44,45)46)42-15-29-12-36(3,23-42)17-37(4,13-29)24-42/h8-9,28-29H,10-27H2,1-7H3,(H,44,45,46). The van der Waals surface area contributed by atoms with Crippen LogP contribution in [0.5, 0.6) is 0 Å². The lowest BCUT2D eigenvalue weighted by Crippen LogP contribution is -2.61. The molecule has 1 aromatic carbocycles. The molecule has 0 saturated heterocycles. The molecule has 0 spiro atoms. The molecule has 1 N–H and O–H groups in total. The number of hydrogen-bond donors (Lipinski definition) is 1. The molecule has 12 aliphatic rings. The van der Waals surface area contributed by atoms with Gasteiger partial charge in [0.25, 0.3) is 10.1 Å². The minimum absolute atomic E-state index is 0.0977. The highest BCUT2D eigenvalue weighted by Crippen LogP contribution is 2.76. The molecule has 0 aliphatic heterocycles. The predicted octanol–water partition coefficient (Wildman–Crippen LogP) is 11.1. The maximum absolute atomic E-state index is 14.2. The average molecular weight is 659 g/mol. The van der Waals surface area contributed by atoms with Crippen LogP contribution in [0.15, 0.2) is 17.0 Å². The lowest BCUT2D eigenvalue weighted by molar-refractivity contribution is -0.152. The van der Waals surface area contributed by atoms with Gasteiger partial charge in [0, 0.05) is 0 Å². The maximum atomic E-state index is 14.2. The maximum Gasteiger partial charge on any atom is 0.295 e. The van der Waals surface area contributed by atoms with Gasteiger partial charge in [-0.15, -0.1) is 0 Å². The molecule has 0 radical (unpaired) electrons. The molecule has 13 rings (SSSR count). The molecule has 12 aliphatic carbocycles. The van der Waals surface area contributed by atoms with Gasteiger partial charge in [-0.25, -0.2) is 0 Å². The van der Waals surface area contributed by atoms with E-state index in [0.717, 1.165) is 49.7 Å². The summed E-state index contributed by atoms with van der Waals surface area (Å²) in [4.78, 5) is 0.401. The van der Waals surface area contributed by atoms with Crippen molar-refractivity contribution in [1.29, 1.82) is 0 Å². The highest BCUT2D eigenvalue weighted by molar-refractivity contribution is 7.86. The lowest BCUT2D eigenvalue weighted by Gasteiger charge is -2.70. The fourth-order valence-corrected chi connectivity index (χ4v) is 21.2. The molecule has 47 heavy (non-hydrogen) atoms. The van der Waals surface area contributed by atoms with E-state index in [9.17, 15) is 13.0 Å². The summed E-state index contributed by atoms with van der Waals surface area (Å²) in [5.41, 5.74) is 5.52. The first kappa shape index (κ1) is 30.9. The van der Waals surface area contributed by atoms with Crippen molar-refractivity contribution in [1.82, 2.24) is 0 Å². The molecule has 4 heteroatoms. The molecular formula is C43H62O3S. The monoisotopic (exact) mass is 658 g/mol. The summed E-state index contributed by atoms with van der Waals surface area (Å²) in [5.74, 6) is 1.33. The fourth-order valence-electron chi connectivity index (χ4n) is 20.1. The van der Waals surface area contributed by atoms with Crippen LogP contribution < -0.4 is 0 Å². The summed E-state index contributed by atoms with van der Waals surface area (Å²) in [6.07, 6.45) is 22.0. The molecule has 4 atom stereocenters. The summed E-state index contributed by atoms with van der Waals surface area (Å²) < 4.78 is 40.1. The molecule has 3 nitrogen and oxygen atoms in total. The summed E-state index contributed by atoms with van der Waals surface area (Å²) in [6, 6.07) is 4.97. The van der Waals surface area contributed by atoms with E-state index in [1.54, 1.807) is 0 Å². The Morgan fingerprint density at radius 3 is 1.06 bits per heavy atom. The van der Waals surface area contributed by atoms with E-state index in [-0.39, 0.29) is 37.9 Å². The van der Waals surface area contributed by atoms with E-state index in [4.69, 9.17) is 0 Å². The smallest absolute Gasteiger partial charge is 0.282 e. The Morgan fingerprint density at radius 2 is 0.766 bits per heavy atom. The first-order valence-electron chi connectivity index (χ1n) is 19.7. The molecule has 12 saturated carbocycles. The van der Waals surface area contributed by atoms with E-state index in [0.29, 0.717) is 33.0 Å². The molecule has 4 unspecified atom stereocenters. The third-order valence-corrected chi connectivity index (χ3v) is 18.2. The van der Waals surface area contributed by atoms with Crippen LogP contribution in [-0.2, 0) is 26.4 Å². The molecule has 1 aromatic rings. The number of rotatable bonds is 4. The summed E-state index contributed by atoms with van der Waals surface area (Å²) >= 11 is 0. The summed E-state index contributed by atoms with van der Waals surface area (Å²) in [5, 5.41) is 0. The van der Waals surface area contributed by atoms with Gasteiger partial charge in [0.2, 0.25) is 0 Å². The Bertz CT molecular complexity index is 1570.